The number of hydrogen-bond acceptors (Lipinski definition) is 2. The maximum absolute atomic E-state index is 10.6. The Morgan fingerprint density at radius 3 is 2.67 bits per heavy atom. The number of hydrogen-bond donors (Lipinski definition) is 1. The average molecular weight is 169 g/mol. The van der Waals surface area contributed by atoms with E-state index in [1.54, 1.807) is 0 Å². The lowest BCUT2D eigenvalue weighted by Crippen LogP contribution is -2.42. The Labute approximate surface area is 74.1 Å². The van der Waals surface area contributed by atoms with Crippen molar-refractivity contribution in [1.29, 1.82) is 0 Å². The van der Waals surface area contributed by atoms with Crippen LogP contribution in [0, 0.1) is 0 Å². The lowest BCUT2D eigenvalue weighted by atomic mass is 10.1. The standard InChI is InChI=1S/C9H17N2O/c1-2-7-11(8-12)9-3-5-10-6-4-9/h9-10H,2-7H2,1H3. The van der Waals surface area contributed by atoms with Crippen LogP contribution in [0.5, 0.6) is 0 Å². The van der Waals surface area contributed by atoms with Crippen LogP contribution >= 0.6 is 0 Å². The number of carbonyl (C=O) groups excluding carboxylic acids is 1. The van der Waals surface area contributed by atoms with Crippen LogP contribution in [0.25, 0.3) is 0 Å². The molecular weight excluding hydrogens is 152 g/mol. The van der Waals surface area contributed by atoms with Crippen molar-refractivity contribution in [2.45, 2.75) is 32.2 Å². The summed E-state index contributed by atoms with van der Waals surface area (Å²) >= 11 is 0. The van der Waals surface area contributed by atoms with Gasteiger partial charge in [0.2, 0.25) is 0 Å². The van der Waals surface area contributed by atoms with Crippen LogP contribution in [0.1, 0.15) is 26.2 Å². The SMILES string of the molecule is CCCN([C]=O)C1CCNCC1. The molecule has 0 aromatic carbocycles. The van der Waals surface area contributed by atoms with Crippen molar-refractivity contribution in [3.05, 3.63) is 0 Å². The van der Waals surface area contributed by atoms with Crippen LogP contribution in [0.15, 0.2) is 0 Å². The van der Waals surface area contributed by atoms with E-state index in [2.05, 4.69) is 12.2 Å². The lowest BCUT2D eigenvalue weighted by Gasteiger charge is -2.30. The minimum atomic E-state index is 0.434. The monoisotopic (exact) mass is 169 g/mol. The predicted molar refractivity (Wildman–Crippen MR) is 48.6 cm³/mol. The van der Waals surface area contributed by atoms with E-state index < -0.39 is 0 Å². The van der Waals surface area contributed by atoms with E-state index in [4.69, 9.17) is 0 Å². The first-order valence-electron chi connectivity index (χ1n) is 4.73. The second kappa shape index (κ2) is 5.14. The van der Waals surface area contributed by atoms with Gasteiger partial charge in [-0.2, -0.15) is 0 Å². The maximum Gasteiger partial charge on any atom is 0.312 e. The van der Waals surface area contributed by atoms with Crippen LogP contribution < -0.4 is 5.32 Å². The number of piperidine rings is 1. The zero-order valence-corrected chi connectivity index (χ0v) is 7.68. The van der Waals surface area contributed by atoms with Gasteiger partial charge < -0.3 is 10.2 Å². The zero-order chi connectivity index (χ0) is 8.81. The van der Waals surface area contributed by atoms with Crippen molar-refractivity contribution in [3.8, 4) is 0 Å². The van der Waals surface area contributed by atoms with Gasteiger partial charge >= 0.3 is 6.41 Å². The number of amides is 1. The fourth-order valence-corrected chi connectivity index (χ4v) is 1.66. The molecule has 1 amide bonds. The number of nitrogens with zero attached hydrogens (tertiary/aromatic N) is 1. The summed E-state index contributed by atoms with van der Waals surface area (Å²) in [5.74, 6) is 0. The van der Waals surface area contributed by atoms with Crippen LogP contribution in [0.2, 0.25) is 0 Å². The molecule has 1 rings (SSSR count). The molecular formula is C9H17N2O. The van der Waals surface area contributed by atoms with Gasteiger partial charge in [0.05, 0.1) is 0 Å². The topological polar surface area (TPSA) is 32.3 Å². The van der Waals surface area contributed by atoms with E-state index >= 15 is 0 Å². The fraction of sp³-hybridized carbons (Fsp3) is 0.889. The van der Waals surface area contributed by atoms with Gasteiger partial charge in [-0.25, -0.2) is 0 Å². The molecule has 0 unspecified atom stereocenters. The summed E-state index contributed by atoms with van der Waals surface area (Å²) in [6.07, 6.45) is 5.21. The summed E-state index contributed by atoms with van der Waals surface area (Å²) in [5, 5.41) is 3.28. The fourth-order valence-electron chi connectivity index (χ4n) is 1.66. The Morgan fingerprint density at radius 2 is 2.17 bits per heavy atom. The minimum absolute atomic E-state index is 0.434. The van der Waals surface area contributed by atoms with Crippen molar-refractivity contribution in [3.63, 3.8) is 0 Å². The Kier molecular flexibility index (Phi) is 4.08. The highest BCUT2D eigenvalue weighted by Gasteiger charge is 2.18. The predicted octanol–water partition coefficient (Wildman–Crippen LogP) is 0.518. The highest BCUT2D eigenvalue weighted by molar-refractivity contribution is 5.48. The van der Waals surface area contributed by atoms with Crippen molar-refractivity contribution >= 4 is 6.41 Å². The first-order chi connectivity index (χ1) is 5.88. The minimum Gasteiger partial charge on any atom is -0.331 e. The molecule has 1 heterocycles. The molecule has 0 saturated carbocycles. The summed E-state index contributed by atoms with van der Waals surface area (Å²) in [4.78, 5) is 12.4. The quantitative estimate of drug-likeness (QED) is 0.622. The first-order valence-corrected chi connectivity index (χ1v) is 4.73. The molecule has 0 aromatic rings. The third-order valence-electron chi connectivity index (χ3n) is 2.33. The summed E-state index contributed by atoms with van der Waals surface area (Å²) in [7, 11) is 0. The first kappa shape index (κ1) is 9.52. The summed E-state index contributed by atoms with van der Waals surface area (Å²) in [5.41, 5.74) is 0. The highest BCUT2D eigenvalue weighted by Crippen LogP contribution is 2.09. The summed E-state index contributed by atoms with van der Waals surface area (Å²) in [6, 6.07) is 0.434. The van der Waals surface area contributed by atoms with E-state index in [-0.39, 0.29) is 0 Å². The van der Waals surface area contributed by atoms with Crippen molar-refractivity contribution < 1.29 is 4.79 Å². The van der Waals surface area contributed by atoms with E-state index in [1.807, 2.05) is 11.3 Å². The van der Waals surface area contributed by atoms with E-state index in [0.717, 1.165) is 38.9 Å². The molecule has 0 atom stereocenters. The van der Waals surface area contributed by atoms with E-state index in [0.29, 0.717) is 6.04 Å². The average Bonchev–Trinajstić information content (AvgIpc) is 2.15. The molecule has 1 aliphatic heterocycles. The molecule has 1 radical (unpaired) electrons. The molecule has 1 saturated heterocycles. The van der Waals surface area contributed by atoms with Crippen LogP contribution in [-0.2, 0) is 4.79 Å². The van der Waals surface area contributed by atoms with Crippen LogP contribution in [0.4, 0.5) is 0 Å². The molecule has 3 heteroatoms. The van der Waals surface area contributed by atoms with Gasteiger partial charge in [-0.05, 0) is 32.4 Å². The van der Waals surface area contributed by atoms with Gasteiger partial charge in [-0.3, -0.25) is 4.79 Å². The molecule has 12 heavy (non-hydrogen) atoms. The Bertz CT molecular complexity index is 132. The third kappa shape index (κ3) is 2.48. The number of rotatable bonds is 4. The Balaban J connectivity index is 2.34. The van der Waals surface area contributed by atoms with Gasteiger partial charge in [0.25, 0.3) is 0 Å². The lowest BCUT2D eigenvalue weighted by molar-refractivity contribution is 0.242. The summed E-state index contributed by atoms with van der Waals surface area (Å²) < 4.78 is 0. The van der Waals surface area contributed by atoms with Crippen molar-refractivity contribution in [2.75, 3.05) is 19.6 Å². The molecule has 0 bridgehead atoms. The summed E-state index contributed by atoms with van der Waals surface area (Å²) in [6.45, 7) is 5.01. The van der Waals surface area contributed by atoms with Crippen molar-refractivity contribution in [2.24, 2.45) is 0 Å². The van der Waals surface area contributed by atoms with Gasteiger partial charge in [-0.15, -0.1) is 0 Å². The van der Waals surface area contributed by atoms with E-state index in [1.165, 1.54) is 0 Å². The third-order valence-corrected chi connectivity index (χ3v) is 2.33. The second-order valence-corrected chi connectivity index (χ2v) is 3.27. The molecule has 0 aromatic heterocycles. The molecule has 1 aliphatic rings. The molecule has 0 aliphatic carbocycles. The molecule has 3 nitrogen and oxygen atoms in total. The van der Waals surface area contributed by atoms with Gasteiger partial charge in [0, 0.05) is 12.6 Å². The largest absolute Gasteiger partial charge is 0.331 e. The molecule has 69 valence electrons. The maximum atomic E-state index is 10.6. The normalized spacial score (nSPS) is 19.1. The van der Waals surface area contributed by atoms with Crippen molar-refractivity contribution in [1.82, 2.24) is 10.2 Å². The smallest absolute Gasteiger partial charge is 0.312 e. The number of nitrogens with one attached hydrogen (secondary N) is 1. The molecule has 1 N–H and O–H groups in total. The van der Waals surface area contributed by atoms with Gasteiger partial charge in [0.15, 0.2) is 0 Å². The zero-order valence-electron chi connectivity index (χ0n) is 7.68. The van der Waals surface area contributed by atoms with Crippen LogP contribution in [-0.4, -0.2) is 37.0 Å². The van der Waals surface area contributed by atoms with E-state index in [9.17, 15) is 4.79 Å². The molecule has 1 fully saturated rings. The van der Waals surface area contributed by atoms with Crippen LogP contribution in [0.3, 0.4) is 0 Å². The highest BCUT2D eigenvalue weighted by atomic mass is 16.1. The Hall–Kier alpha value is -0.570. The second-order valence-electron chi connectivity index (χ2n) is 3.27. The Morgan fingerprint density at radius 1 is 1.50 bits per heavy atom. The van der Waals surface area contributed by atoms with Gasteiger partial charge in [0.1, 0.15) is 0 Å². The molecule has 0 spiro atoms. The van der Waals surface area contributed by atoms with Gasteiger partial charge in [-0.1, -0.05) is 6.92 Å².